The van der Waals surface area contributed by atoms with Crippen molar-refractivity contribution < 1.29 is 14.6 Å². The molecular formula is C22H36ClN3O3. The highest BCUT2D eigenvalue weighted by atomic mass is 35.5. The number of ether oxygens (including phenoxy) is 1. The highest BCUT2D eigenvalue weighted by Crippen LogP contribution is 2.30. The van der Waals surface area contributed by atoms with Gasteiger partial charge in [0.05, 0.1) is 5.69 Å². The number of carbonyl (C=O) groups is 1. The number of hydrogen-bond donors (Lipinski definition) is 3. The molecule has 0 bridgehead atoms. The predicted molar refractivity (Wildman–Crippen MR) is 120 cm³/mol. The molecule has 1 rings (SSSR count). The van der Waals surface area contributed by atoms with Gasteiger partial charge in [-0.25, -0.2) is 0 Å². The fourth-order valence-corrected chi connectivity index (χ4v) is 2.91. The lowest BCUT2D eigenvalue weighted by Gasteiger charge is -2.23. The van der Waals surface area contributed by atoms with Crippen LogP contribution >= 0.6 is 12.4 Å². The van der Waals surface area contributed by atoms with Crippen LogP contribution in [0.2, 0.25) is 0 Å². The Morgan fingerprint density at radius 1 is 1.34 bits per heavy atom. The number of aliphatic hydroxyl groups is 1. The minimum atomic E-state index is -0.730. The summed E-state index contributed by atoms with van der Waals surface area (Å²) in [5, 5.41) is 22.8. The van der Waals surface area contributed by atoms with Gasteiger partial charge in [0.25, 0.3) is 0 Å². The molecule has 4 N–H and O–H groups in total. The van der Waals surface area contributed by atoms with Crippen molar-refractivity contribution in [3.8, 4) is 11.8 Å². The zero-order chi connectivity index (χ0) is 21.3. The Hall–Kier alpha value is -1.81. The van der Waals surface area contributed by atoms with Gasteiger partial charge in [0.15, 0.2) is 5.78 Å². The second kappa shape index (κ2) is 12.7. The molecule has 2 unspecified atom stereocenters. The number of benzene rings is 1. The summed E-state index contributed by atoms with van der Waals surface area (Å²) in [5.74, 6) is 0.171. The first-order valence-electron chi connectivity index (χ1n) is 10.1. The van der Waals surface area contributed by atoms with Crippen LogP contribution in [0.5, 0.6) is 5.75 Å². The second-order valence-corrected chi connectivity index (χ2v) is 8.22. The first kappa shape index (κ1) is 27.2. The van der Waals surface area contributed by atoms with Gasteiger partial charge in [-0.05, 0) is 45.7 Å². The number of β-amino-alcohol motifs (C(OH)–C–C–N with tert-alkyl or cyclic N) is 1. The molecule has 1 aromatic rings. The smallest absolute Gasteiger partial charge is 0.168 e. The van der Waals surface area contributed by atoms with Crippen molar-refractivity contribution in [2.24, 2.45) is 5.92 Å². The summed E-state index contributed by atoms with van der Waals surface area (Å²) in [4.78, 5) is 12.8. The lowest BCUT2D eigenvalue weighted by Crippen LogP contribution is -2.42. The summed E-state index contributed by atoms with van der Waals surface area (Å²) in [5.41, 5.74) is 6.71. The minimum Gasteiger partial charge on any atom is -0.489 e. The number of nitrogens with two attached hydrogens (primary N) is 1. The Bertz CT molecular complexity index is 696. The molecule has 0 saturated heterocycles. The number of nitrogens with zero attached hydrogens (tertiary/aromatic N) is 1. The average molecular weight is 426 g/mol. The maximum absolute atomic E-state index is 12.8. The summed E-state index contributed by atoms with van der Waals surface area (Å²) in [6, 6.07) is 5.26. The summed E-state index contributed by atoms with van der Waals surface area (Å²) >= 11 is 0. The van der Waals surface area contributed by atoms with Crippen LogP contribution in [0.3, 0.4) is 0 Å². The molecule has 0 heterocycles. The van der Waals surface area contributed by atoms with Crippen molar-refractivity contribution in [1.29, 1.82) is 5.26 Å². The Balaban J connectivity index is 0.00000784. The third-order valence-electron chi connectivity index (χ3n) is 4.65. The SMILES string of the molecule is CCCCC(CC)C(=O)c1ccc(OCC(O)CNC(C)(C)C)c(C#N)c1N.Cl. The molecule has 0 amide bonds. The molecule has 7 heteroatoms. The maximum atomic E-state index is 12.8. The molecule has 0 radical (unpaired) electrons. The number of nitrogen functional groups attached to an aromatic ring is 1. The molecule has 0 aliphatic heterocycles. The fraction of sp³-hybridized carbons (Fsp3) is 0.636. The van der Waals surface area contributed by atoms with Crippen molar-refractivity contribution in [2.75, 3.05) is 18.9 Å². The fourth-order valence-electron chi connectivity index (χ4n) is 2.91. The van der Waals surface area contributed by atoms with Crippen molar-refractivity contribution in [3.63, 3.8) is 0 Å². The summed E-state index contributed by atoms with van der Waals surface area (Å²) in [7, 11) is 0. The van der Waals surface area contributed by atoms with Crippen LogP contribution in [0.1, 0.15) is 76.2 Å². The lowest BCUT2D eigenvalue weighted by molar-refractivity contribution is 0.0908. The van der Waals surface area contributed by atoms with E-state index in [0.717, 1.165) is 25.7 Å². The Labute approximate surface area is 181 Å². The molecule has 0 spiro atoms. The van der Waals surface area contributed by atoms with E-state index in [1.54, 1.807) is 12.1 Å². The number of anilines is 1. The molecule has 164 valence electrons. The topological polar surface area (TPSA) is 108 Å². The summed E-state index contributed by atoms with van der Waals surface area (Å²) < 4.78 is 5.62. The summed E-state index contributed by atoms with van der Waals surface area (Å²) in [6.07, 6.45) is 2.84. The highest BCUT2D eigenvalue weighted by molar-refractivity contribution is 6.03. The normalized spacial score (nSPS) is 13.1. The lowest BCUT2D eigenvalue weighted by atomic mass is 9.89. The van der Waals surface area contributed by atoms with Gasteiger partial charge in [-0.2, -0.15) is 5.26 Å². The van der Waals surface area contributed by atoms with E-state index in [2.05, 4.69) is 12.2 Å². The first-order chi connectivity index (χ1) is 13.1. The minimum absolute atomic E-state index is 0. The molecule has 0 aromatic heterocycles. The Kier molecular flexibility index (Phi) is 11.9. The van der Waals surface area contributed by atoms with Crippen LogP contribution in [0.15, 0.2) is 12.1 Å². The van der Waals surface area contributed by atoms with E-state index in [1.807, 2.05) is 33.8 Å². The third-order valence-corrected chi connectivity index (χ3v) is 4.65. The van der Waals surface area contributed by atoms with Crippen molar-refractivity contribution in [3.05, 3.63) is 23.3 Å². The van der Waals surface area contributed by atoms with E-state index in [0.29, 0.717) is 12.1 Å². The molecule has 1 aromatic carbocycles. The zero-order valence-electron chi connectivity index (χ0n) is 18.2. The molecular weight excluding hydrogens is 390 g/mol. The number of Topliss-reactive ketones (excluding diaryl/α,β-unsaturated/α-hetero) is 1. The number of hydrogen-bond acceptors (Lipinski definition) is 6. The molecule has 2 atom stereocenters. The number of unbranched alkanes of at least 4 members (excludes halogenated alkanes) is 1. The van der Waals surface area contributed by atoms with E-state index < -0.39 is 6.10 Å². The molecule has 0 fully saturated rings. The van der Waals surface area contributed by atoms with E-state index >= 15 is 0 Å². The van der Waals surface area contributed by atoms with Crippen LogP contribution in [0.25, 0.3) is 0 Å². The standard InChI is InChI=1S/C22H35N3O3.ClH/c1-6-8-9-15(7-2)21(27)17-10-11-19(18(12-23)20(17)24)28-14-16(26)13-25-22(3,4)5;/h10-11,15-16,25-26H,6-9,13-14,24H2,1-5H3;1H. The van der Waals surface area contributed by atoms with Crippen molar-refractivity contribution in [2.45, 2.75) is 71.9 Å². The van der Waals surface area contributed by atoms with Crippen LogP contribution < -0.4 is 15.8 Å². The Morgan fingerprint density at radius 2 is 2.00 bits per heavy atom. The van der Waals surface area contributed by atoms with Crippen molar-refractivity contribution >= 4 is 23.9 Å². The van der Waals surface area contributed by atoms with Gasteiger partial charge < -0.3 is 20.9 Å². The van der Waals surface area contributed by atoms with Gasteiger partial charge in [0, 0.05) is 23.6 Å². The van der Waals surface area contributed by atoms with Crippen LogP contribution in [0, 0.1) is 17.2 Å². The monoisotopic (exact) mass is 425 g/mol. The third kappa shape index (κ3) is 8.61. The van der Waals surface area contributed by atoms with E-state index in [1.165, 1.54) is 0 Å². The molecule has 0 saturated carbocycles. The van der Waals surface area contributed by atoms with Crippen molar-refractivity contribution in [1.82, 2.24) is 5.32 Å². The predicted octanol–water partition coefficient (Wildman–Crippen LogP) is 4.09. The molecule has 29 heavy (non-hydrogen) atoms. The van der Waals surface area contributed by atoms with Gasteiger partial charge >= 0.3 is 0 Å². The van der Waals surface area contributed by atoms with E-state index in [4.69, 9.17) is 10.5 Å². The number of nitrogens with one attached hydrogen (secondary N) is 1. The van der Waals surface area contributed by atoms with Gasteiger partial charge in [-0.3, -0.25) is 4.79 Å². The number of ketones is 1. The number of rotatable bonds is 11. The average Bonchev–Trinajstić information content (AvgIpc) is 2.64. The second-order valence-electron chi connectivity index (χ2n) is 8.22. The molecule has 6 nitrogen and oxygen atoms in total. The first-order valence-corrected chi connectivity index (χ1v) is 10.1. The highest BCUT2D eigenvalue weighted by Gasteiger charge is 2.23. The van der Waals surface area contributed by atoms with Crippen LogP contribution in [-0.4, -0.2) is 35.7 Å². The quantitative estimate of drug-likeness (QED) is 0.364. The molecule has 0 aliphatic carbocycles. The zero-order valence-corrected chi connectivity index (χ0v) is 19.1. The van der Waals surface area contributed by atoms with Gasteiger partial charge in [0.1, 0.15) is 30.1 Å². The number of carbonyl (C=O) groups excluding carboxylic acids is 1. The van der Waals surface area contributed by atoms with Crippen LogP contribution in [0.4, 0.5) is 5.69 Å². The van der Waals surface area contributed by atoms with Crippen LogP contribution in [-0.2, 0) is 0 Å². The number of halogens is 1. The maximum Gasteiger partial charge on any atom is 0.168 e. The molecule has 0 aliphatic rings. The van der Waals surface area contributed by atoms with Gasteiger partial charge in [-0.15, -0.1) is 12.4 Å². The number of aliphatic hydroxyl groups excluding tert-OH is 1. The summed E-state index contributed by atoms with van der Waals surface area (Å²) in [6.45, 7) is 10.5. The van der Waals surface area contributed by atoms with Gasteiger partial charge in [-0.1, -0.05) is 26.7 Å². The van der Waals surface area contributed by atoms with E-state index in [-0.39, 0.29) is 53.3 Å². The Morgan fingerprint density at radius 3 is 2.52 bits per heavy atom. The van der Waals surface area contributed by atoms with E-state index in [9.17, 15) is 15.2 Å². The number of nitriles is 1. The largest absolute Gasteiger partial charge is 0.489 e. The van der Waals surface area contributed by atoms with Gasteiger partial charge in [0.2, 0.25) is 0 Å².